The molecular weight excluding hydrogens is 844 g/mol. The third-order valence-electron chi connectivity index (χ3n) is 10.7. The molecule has 0 N–H and O–H groups in total. The standard InChI is InChI=1S/C46H36BN5O.Pt/c1-29-12-10-13-30(2)44(29)51-40-22-20-33(28-42(40)52-45-37(16-11-24-49-45)34-14-6-8-17-38(34)47(51)52)53-32-19-21-36-35-15-7-9-18-39(35)50(41(36)27-32)43-26-31(23-25-48-43)46(3,4)5;/h6-26H,1-5H3;/q-2;+2. The van der Waals surface area contributed by atoms with E-state index in [1.165, 1.54) is 33.4 Å². The fraction of sp³-hybridized carbons (Fsp3) is 0.130. The summed E-state index contributed by atoms with van der Waals surface area (Å²) in [5.41, 5.74) is 12.3. The largest absolute Gasteiger partial charge is 2.00 e. The van der Waals surface area contributed by atoms with Crippen LogP contribution in [0.3, 0.4) is 0 Å². The maximum atomic E-state index is 6.69. The number of anilines is 4. The van der Waals surface area contributed by atoms with E-state index in [0.717, 1.165) is 50.4 Å². The number of nitrogens with zero attached hydrogens (tertiary/aromatic N) is 5. The summed E-state index contributed by atoms with van der Waals surface area (Å²) in [6, 6.07) is 47.7. The molecule has 0 bridgehead atoms. The molecule has 0 saturated carbocycles. The molecule has 8 heteroatoms. The number of hydrogen-bond acceptors (Lipinski definition) is 5. The van der Waals surface area contributed by atoms with Gasteiger partial charge in [0.25, 0.3) is 0 Å². The van der Waals surface area contributed by atoms with Gasteiger partial charge in [0.1, 0.15) is 11.6 Å². The molecular formula is C46H36BN5OPt. The predicted molar refractivity (Wildman–Crippen MR) is 217 cm³/mol. The molecule has 2 aliphatic rings. The Hall–Kier alpha value is -5.65. The molecule has 0 fully saturated rings. The van der Waals surface area contributed by atoms with Gasteiger partial charge in [-0.15, -0.1) is 35.7 Å². The van der Waals surface area contributed by atoms with Crippen molar-refractivity contribution in [2.24, 2.45) is 0 Å². The maximum Gasteiger partial charge on any atom is 2.00 e. The number of fused-ring (bicyclic) bond motifs is 11. The first-order valence-electron chi connectivity index (χ1n) is 18.1. The average Bonchev–Trinajstić information content (AvgIpc) is 3.67. The van der Waals surface area contributed by atoms with Crippen LogP contribution in [0.4, 0.5) is 22.9 Å². The van der Waals surface area contributed by atoms with Crippen molar-refractivity contribution in [3.05, 3.63) is 156 Å². The maximum absolute atomic E-state index is 6.69. The summed E-state index contributed by atoms with van der Waals surface area (Å²) < 4.78 is 8.89. The van der Waals surface area contributed by atoms with Crippen molar-refractivity contribution in [3.8, 4) is 28.4 Å². The predicted octanol–water partition coefficient (Wildman–Crippen LogP) is 10.5. The number of ether oxygens (including phenoxy) is 1. The first-order valence-corrected chi connectivity index (χ1v) is 18.1. The smallest absolute Gasteiger partial charge is 0.509 e. The van der Waals surface area contributed by atoms with Crippen molar-refractivity contribution >= 4 is 57.1 Å². The number of benzene rings is 5. The van der Waals surface area contributed by atoms with Gasteiger partial charge < -0.3 is 18.9 Å². The molecule has 0 radical (unpaired) electrons. The van der Waals surface area contributed by atoms with Crippen LogP contribution in [0.1, 0.15) is 37.5 Å². The molecule has 264 valence electrons. The fourth-order valence-corrected chi connectivity index (χ4v) is 8.26. The molecule has 0 aliphatic carbocycles. The van der Waals surface area contributed by atoms with Crippen LogP contribution in [-0.4, -0.2) is 21.5 Å². The van der Waals surface area contributed by atoms with E-state index in [1.807, 2.05) is 30.6 Å². The van der Waals surface area contributed by atoms with Crippen LogP contribution in [0.25, 0.3) is 38.8 Å². The Labute approximate surface area is 330 Å². The second-order valence-electron chi connectivity index (χ2n) is 15.1. The molecule has 54 heavy (non-hydrogen) atoms. The van der Waals surface area contributed by atoms with Crippen molar-refractivity contribution < 1.29 is 25.8 Å². The van der Waals surface area contributed by atoms with Crippen LogP contribution in [0.2, 0.25) is 0 Å². The van der Waals surface area contributed by atoms with Crippen LogP contribution in [0, 0.1) is 26.0 Å². The Morgan fingerprint density at radius 2 is 1.41 bits per heavy atom. The van der Waals surface area contributed by atoms with Gasteiger partial charge in [0, 0.05) is 40.7 Å². The first-order chi connectivity index (χ1) is 25.8. The summed E-state index contributed by atoms with van der Waals surface area (Å²) in [6.45, 7) is 10.9. The normalized spacial score (nSPS) is 13.0. The second-order valence-corrected chi connectivity index (χ2v) is 15.1. The minimum atomic E-state index is -0.148. The van der Waals surface area contributed by atoms with Crippen molar-refractivity contribution in [3.63, 3.8) is 0 Å². The SMILES string of the molecule is Cc1cccc(C)c1N1B2c3ccccc3-c3cccnc3N2c2[c-]c(Oc3[c-]c4c(cc3)c3ccccc3n4-c3cc(C(C)(C)C)ccn3)ccc21.[Pt+2]. The third-order valence-corrected chi connectivity index (χ3v) is 10.7. The van der Waals surface area contributed by atoms with Gasteiger partial charge in [-0.05, 0) is 82.7 Å². The number of rotatable bonds is 4. The number of aromatic nitrogens is 3. The van der Waals surface area contributed by atoms with Crippen LogP contribution in [-0.2, 0) is 26.5 Å². The van der Waals surface area contributed by atoms with Gasteiger partial charge in [0.15, 0.2) is 0 Å². The Balaban J connectivity index is 0.00000384. The van der Waals surface area contributed by atoms with Crippen LogP contribution >= 0.6 is 0 Å². The first kappa shape index (κ1) is 34.1. The van der Waals surface area contributed by atoms with E-state index in [-0.39, 0.29) is 33.5 Å². The van der Waals surface area contributed by atoms with Gasteiger partial charge in [-0.3, -0.25) is 0 Å². The molecule has 0 spiro atoms. The molecule has 0 amide bonds. The van der Waals surface area contributed by atoms with Gasteiger partial charge in [0.05, 0.1) is 0 Å². The van der Waals surface area contributed by atoms with Crippen molar-refractivity contribution in [1.82, 2.24) is 14.5 Å². The summed E-state index contributed by atoms with van der Waals surface area (Å²) in [7, 11) is 0. The van der Waals surface area contributed by atoms with Gasteiger partial charge in [-0.2, -0.15) is 6.07 Å². The summed E-state index contributed by atoms with van der Waals surface area (Å²) in [4.78, 5) is 14.6. The molecule has 5 heterocycles. The monoisotopic (exact) mass is 880 g/mol. The van der Waals surface area contributed by atoms with Gasteiger partial charge in [-0.1, -0.05) is 98.3 Å². The van der Waals surface area contributed by atoms with E-state index in [4.69, 9.17) is 14.7 Å². The summed E-state index contributed by atoms with van der Waals surface area (Å²) in [5.74, 6) is 2.97. The quantitative estimate of drug-likeness (QED) is 0.130. The summed E-state index contributed by atoms with van der Waals surface area (Å²) in [6.07, 6.45) is 3.78. The molecule has 6 nitrogen and oxygen atoms in total. The molecule has 10 rings (SSSR count). The van der Waals surface area contributed by atoms with Gasteiger partial charge in [-0.25, -0.2) is 9.97 Å². The van der Waals surface area contributed by atoms with Crippen molar-refractivity contribution in [1.29, 1.82) is 0 Å². The Kier molecular flexibility index (Phi) is 8.06. The molecule has 8 aromatic rings. The Morgan fingerprint density at radius 1 is 0.667 bits per heavy atom. The van der Waals surface area contributed by atoms with E-state index in [9.17, 15) is 0 Å². The number of aryl methyl sites for hydroxylation is 2. The summed E-state index contributed by atoms with van der Waals surface area (Å²) in [5, 5.41) is 2.24. The van der Waals surface area contributed by atoms with Crippen LogP contribution < -0.4 is 19.8 Å². The molecule has 2 aliphatic heterocycles. The Bertz CT molecular complexity index is 2750. The van der Waals surface area contributed by atoms with Crippen LogP contribution in [0.15, 0.2) is 128 Å². The minimum absolute atomic E-state index is 0. The zero-order chi connectivity index (χ0) is 36.0. The molecule has 5 aromatic carbocycles. The van der Waals surface area contributed by atoms with E-state index < -0.39 is 0 Å². The van der Waals surface area contributed by atoms with Crippen molar-refractivity contribution in [2.45, 2.75) is 40.0 Å². The zero-order valence-electron chi connectivity index (χ0n) is 30.7. The van der Waals surface area contributed by atoms with Crippen molar-refractivity contribution in [2.75, 3.05) is 9.62 Å². The zero-order valence-corrected chi connectivity index (χ0v) is 32.9. The summed E-state index contributed by atoms with van der Waals surface area (Å²) >= 11 is 0. The van der Waals surface area contributed by atoms with E-state index in [0.29, 0.717) is 11.5 Å². The van der Waals surface area contributed by atoms with Crippen LogP contribution in [0.5, 0.6) is 11.5 Å². The number of hydrogen-bond donors (Lipinski definition) is 0. The van der Waals surface area contributed by atoms with E-state index in [2.05, 4.69) is 158 Å². The molecule has 0 unspecified atom stereocenters. The Morgan fingerprint density at radius 3 is 2.24 bits per heavy atom. The van der Waals surface area contributed by atoms with Gasteiger partial charge >= 0.3 is 28.0 Å². The van der Waals surface area contributed by atoms with E-state index >= 15 is 0 Å². The number of para-hydroxylation sites is 2. The molecule has 0 saturated heterocycles. The third kappa shape index (κ3) is 5.20. The topological polar surface area (TPSA) is 46.4 Å². The minimum Gasteiger partial charge on any atom is -0.509 e. The average molecular weight is 881 g/mol. The van der Waals surface area contributed by atoms with E-state index in [1.54, 1.807) is 0 Å². The second kappa shape index (κ2) is 12.7. The molecule has 0 atom stereocenters. The number of pyridine rings is 2. The molecule has 3 aromatic heterocycles. The van der Waals surface area contributed by atoms with Gasteiger partial charge in [0.2, 0.25) is 0 Å². The fourth-order valence-electron chi connectivity index (χ4n) is 8.26.